The molecule has 0 bridgehead atoms. The molecule has 0 aliphatic heterocycles. The molecule has 0 amide bonds. The van der Waals surface area contributed by atoms with Crippen LogP contribution in [0.5, 0.6) is 5.75 Å². The number of allylic oxidation sites excluding steroid dienone is 5. The van der Waals surface area contributed by atoms with E-state index >= 15 is 0 Å². The van der Waals surface area contributed by atoms with Crippen LogP contribution < -0.4 is 10.1 Å². The fourth-order valence-electron chi connectivity index (χ4n) is 6.84. The maximum absolute atomic E-state index is 5.30. The summed E-state index contributed by atoms with van der Waals surface area (Å²) in [5.41, 5.74) is 4.81. The first-order valence-corrected chi connectivity index (χ1v) is 12.0. The maximum atomic E-state index is 5.30. The Bertz CT molecular complexity index is 837. The van der Waals surface area contributed by atoms with Crippen molar-refractivity contribution in [2.75, 3.05) is 14.2 Å². The van der Waals surface area contributed by atoms with Crippen molar-refractivity contribution in [1.82, 2.24) is 5.32 Å². The summed E-state index contributed by atoms with van der Waals surface area (Å²) in [7, 11) is 3.46. The van der Waals surface area contributed by atoms with Crippen LogP contribution in [-0.2, 0) is 11.3 Å². The molecule has 168 valence electrons. The quantitative estimate of drug-likeness (QED) is 0.515. The topological polar surface area (TPSA) is 30.5 Å². The average molecular weight is 422 g/mol. The van der Waals surface area contributed by atoms with Gasteiger partial charge in [-0.3, -0.25) is 0 Å². The molecular weight excluding hydrogens is 382 g/mol. The van der Waals surface area contributed by atoms with Crippen molar-refractivity contribution in [3.05, 3.63) is 65.5 Å². The minimum atomic E-state index is 0.411. The van der Waals surface area contributed by atoms with E-state index in [-0.39, 0.29) is 0 Å². The molecule has 1 N–H and O–H groups in total. The van der Waals surface area contributed by atoms with Gasteiger partial charge in [0.15, 0.2) is 0 Å². The molecule has 4 rings (SSSR count). The summed E-state index contributed by atoms with van der Waals surface area (Å²) < 4.78 is 10.5. The molecule has 0 aromatic heterocycles. The van der Waals surface area contributed by atoms with Gasteiger partial charge in [0.1, 0.15) is 5.75 Å². The Hall–Kier alpha value is -2.00. The monoisotopic (exact) mass is 421 g/mol. The highest BCUT2D eigenvalue weighted by Crippen LogP contribution is 2.60. The summed E-state index contributed by atoms with van der Waals surface area (Å²) in [5, 5.41) is 3.95. The van der Waals surface area contributed by atoms with Crippen LogP contribution in [0.25, 0.3) is 0 Å². The van der Waals surface area contributed by atoms with Crippen LogP contribution in [-0.4, -0.2) is 20.3 Å². The van der Waals surface area contributed by atoms with Crippen molar-refractivity contribution >= 4 is 0 Å². The molecule has 0 saturated heterocycles. The molecule has 0 spiro atoms. The molecule has 0 radical (unpaired) electrons. The molecule has 3 nitrogen and oxygen atoms in total. The number of nitrogens with one attached hydrogen (secondary N) is 1. The molecule has 2 saturated carbocycles. The van der Waals surface area contributed by atoms with Gasteiger partial charge < -0.3 is 14.8 Å². The van der Waals surface area contributed by atoms with Crippen LogP contribution in [0, 0.1) is 23.2 Å². The van der Waals surface area contributed by atoms with Crippen molar-refractivity contribution in [3.63, 3.8) is 0 Å². The van der Waals surface area contributed by atoms with Gasteiger partial charge in [0.25, 0.3) is 0 Å². The van der Waals surface area contributed by atoms with E-state index in [1.807, 2.05) is 6.26 Å². The first kappa shape index (κ1) is 22.2. The standard InChI is InChI=1S/C28H39NO2/c1-5-6-23-21(16-18-30-3)9-12-25-24(23)15-17-28(2)26(25)13-14-27(28)29-19-20-7-10-22(31-4)11-8-20/h5-8,10-11,16,18,24-27,29H,9,12-15,17,19H2,1-4H3/b6-5-,18-16+/t24?,25?,26?,27-,28?/m1/s1. The van der Waals surface area contributed by atoms with E-state index in [9.17, 15) is 0 Å². The fourth-order valence-corrected chi connectivity index (χ4v) is 6.84. The van der Waals surface area contributed by atoms with Gasteiger partial charge in [-0.25, -0.2) is 0 Å². The Kier molecular flexibility index (Phi) is 6.91. The lowest BCUT2D eigenvalue weighted by atomic mass is 9.55. The molecular formula is C28H39NO2. The normalized spacial score (nSPS) is 33.0. The van der Waals surface area contributed by atoms with Gasteiger partial charge in [-0.15, -0.1) is 0 Å². The van der Waals surface area contributed by atoms with E-state index in [0.717, 1.165) is 24.1 Å². The van der Waals surface area contributed by atoms with Gasteiger partial charge in [0.2, 0.25) is 0 Å². The lowest BCUT2D eigenvalue weighted by Crippen LogP contribution is -2.49. The Morgan fingerprint density at radius 3 is 2.58 bits per heavy atom. The van der Waals surface area contributed by atoms with Crippen LogP contribution in [0.2, 0.25) is 0 Å². The number of ether oxygens (including phenoxy) is 2. The molecule has 3 heteroatoms. The lowest BCUT2D eigenvalue weighted by Gasteiger charge is -2.51. The van der Waals surface area contributed by atoms with E-state index < -0.39 is 0 Å². The number of hydrogen-bond acceptors (Lipinski definition) is 3. The zero-order valence-electron chi connectivity index (χ0n) is 19.7. The van der Waals surface area contributed by atoms with E-state index in [1.54, 1.807) is 19.8 Å². The second-order valence-electron chi connectivity index (χ2n) is 9.84. The van der Waals surface area contributed by atoms with Gasteiger partial charge in [-0.2, -0.15) is 0 Å². The van der Waals surface area contributed by atoms with Gasteiger partial charge in [0.05, 0.1) is 20.5 Å². The highest BCUT2D eigenvalue weighted by Gasteiger charge is 2.54. The van der Waals surface area contributed by atoms with Gasteiger partial charge >= 0.3 is 0 Å². The number of methoxy groups -OCH3 is 2. The van der Waals surface area contributed by atoms with Gasteiger partial charge in [-0.1, -0.05) is 31.2 Å². The van der Waals surface area contributed by atoms with E-state index in [2.05, 4.69) is 61.7 Å². The SMILES string of the molecule is C/C=C\C1=C(/C=C/OC)CCC2C1CCC1(C)C2CC[C@H]1NCc1ccc(OC)cc1. The summed E-state index contributed by atoms with van der Waals surface area (Å²) >= 11 is 0. The average Bonchev–Trinajstić information content (AvgIpc) is 3.14. The van der Waals surface area contributed by atoms with Crippen molar-refractivity contribution in [3.8, 4) is 5.75 Å². The Balaban J connectivity index is 1.48. The minimum Gasteiger partial charge on any atom is -0.504 e. The molecule has 1 aromatic carbocycles. The van der Waals surface area contributed by atoms with E-state index in [1.165, 1.54) is 49.7 Å². The Morgan fingerprint density at radius 2 is 1.87 bits per heavy atom. The largest absolute Gasteiger partial charge is 0.504 e. The fraction of sp³-hybridized carbons (Fsp3) is 0.571. The Morgan fingerprint density at radius 1 is 1.06 bits per heavy atom. The molecule has 3 aliphatic rings. The van der Waals surface area contributed by atoms with E-state index in [0.29, 0.717) is 17.4 Å². The summed E-state index contributed by atoms with van der Waals surface area (Å²) in [6, 6.07) is 9.11. The number of rotatable bonds is 7. The van der Waals surface area contributed by atoms with Crippen molar-refractivity contribution in [2.45, 2.75) is 65.0 Å². The summed E-state index contributed by atoms with van der Waals surface area (Å²) in [4.78, 5) is 0. The highest BCUT2D eigenvalue weighted by atomic mass is 16.5. The number of hydrogen-bond donors (Lipinski definition) is 1. The Labute approximate surface area is 188 Å². The van der Waals surface area contributed by atoms with Crippen LogP contribution >= 0.6 is 0 Å². The smallest absolute Gasteiger partial charge is 0.118 e. The number of fused-ring (bicyclic) bond motifs is 3. The van der Waals surface area contributed by atoms with Crippen LogP contribution in [0.1, 0.15) is 57.9 Å². The molecule has 3 aliphatic carbocycles. The van der Waals surface area contributed by atoms with Crippen LogP contribution in [0.15, 0.2) is 59.9 Å². The molecule has 31 heavy (non-hydrogen) atoms. The maximum Gasteiger partial charge on any atom is 0.118 e. The molecule has 0 heterocycles. The number of benzene rings is 1. The highest BCUT2D eigenvalue weighted by molar-refractivity contribution is 5.38. The third-order valence-corrected chi connectivity index (χ3v) is 8.42. The zero-order valence-corrected chi connectivity index (χ0v) is 19.7. The van der Waals surface area contributed by atoms with Crippen molar-refractivity contribution in [1.29, 1.82) is 0 Å². The van der Waals surface area contributed by atoms with Crippen LogP contribution in [0.3, 0.4) is 0 Å². The molecule has 2 fully saturated rings. The second-order valence-corrected chi connectivity index (χ2v) is 9.84. The summed E-state index contributed by atoms with van der Waals surface area (Å²) in [6.07, 6.45) is 16.4. The van der Waals surface area contributed by atoms with Crippen molar-refractivity contribution < 1.29 is 9.47 Å². The van der Waals surface area contributed by atoms with E-state index in [4.69, 9.17) is 9.47 Å². The second kappa shape index (κ2) is 9.65. The minimum absolute atomic E-state index is 0.411. The summed E-state index contributed by atoms with van der Waals surface area (Å²) in [5.74, 6) is 3.28. The summed E-state index contributed by atoms with van der Waals surface area (Å²) in [6.45, 7) is 5.67. The van der Waals surface area contributed by atoms with Gasteiger partial charge in [-0.05, 0) is 104 Å². The first-order valence-electron chi connectivity index (χ1n) is 12.0. The first-order chi connectivity index (χ1) is 15.1. The molecule has 1 aromatic rings. The third-order valence-electron chi connectivity index (χ3n) is 8.42. The molecule has 5 atom stereocenters. The molecule has 4 unspecified atom stereocenters. The van der Waals surface area contributed by atoms with Crippen LogP contribution in [0.4, 0.5) is 0 Å². The third kappa shape index (κ3) is 4.35. The predicted octanol–water partition coefficient (Wildman–Crippen LogP) is 6.42. The van der Waals surface area contributed by atoms with Crippen molar-refractivity contribution in [2.24, 2.45) is 23.2 Å². The predicted molar refractivity (Wildman–Crippen MR) is 128 cm³/mol. The lowest BCUT2D eigenvalue weighted by molar-refractivity contribution is 0.0285. The van der Waals surface area contributed by atoms with Gasteiger partial charge in [0, 0.05) is 12.6 Å². The zero-order chi connectivity index (χ0) is 21.8.